The maximum Gasteiger partial charge on any atom is 0.0172 e. The van der Waals surface area contributed by atoms with Crippen molar-refractivity contribution < 1.29 is 0 Å². The van der Waals surface area contributed by atoms with Crippen molar-refractivity contribution in [3.8, 4) is 0 Å². The topological polar surface area (TPSA) is 3.24 Å². The Morgan fingerprint density at radius 3 is 2.67 bits per heavy atom. The zero-order chi connectivity index (χ0) is 10.5. The van der Waals surface area contributed by atoms with Crippen LogP contribution in [0.15, 0.2) is 30.5 Å². The van der Waals surface area contributed by atoms with E-state index in [1.807, 2.05) is 0 Å². The van der Waals surface area contributed by atoms with Crippen LogP contribution in [-0.4, -0.2) is 18.0 Å². The number of likely N-dealkylation sites (tertiary alicyclic amines) is 1. The first-order chi connectivity index (χ1) is 7.34. The summed E-state index contributed by atoms with van der Waals surface area (Å²) in [6, 6.07) is 8.64. The summed E-state index contributed by atoms with van der Waals surface area (Å²) < 4.78 is 0. The summed E-state index contributed by atoms with van der Waals surface area (Å²) in [5, 5.41) is 0. The fraction of sp³-hybridized carbons (Fsp3) is 0.429. The van der Waals surface area contributed by atoms with Gasteiger partial charge in [-0.3, -0.25) is 0 Å². The smallest absolute Gasteiger partial charge is 0.0172 e. The van der Waals surface area contributed by atoms with Gasteiger partial charge in [0.25, 0.3) is 0 Å². The van der Waals surface area contributed by atoms with Crippen LogP contribution in [0.4, 0.5) is 0 Å². The average Bonchev–Trinajstić information content (AvgIpc) is 2.28. The molecule has 1 aliphatic rings. The molecule has 15 heavy (non-hydrogen) atoms. The molecule has 0 aliphatic carbocycles. The van der Waals surface area contributed by atoms with Crippen LogP contribution < -0.4 is 0 Å². The van der Waals surface area contributed by atoms with E-state index in [9.17, 15) is 0 Å². The molecule has 0 N–H and O–H groups in total. The second-order valence-electron chi connectivity index (χ2n) is 4.33. The molecule has 0 aromatic heterocycles. The summed E-state index contributed by atoms with van der Waals surface area (Å²) in [5.74, 6) is 0. The predicted octanol–water partition coefficient (Wildman–Crippen LogP) is 3.45. The fourth-order valence-corrected chi connectivity index (χ4v) is 2.03. The van der Waals surface area contributed by atoms with Crippen molar-refractivity contribution in [3.63, 3.8) is 0 Å². The van der Waals surface area contributed by atoms with Crippen molar-refractivity contribution in [2.75, 3.05) is 13.1 Å². The van der Waals surface area contributed by atoms with Gasteiger partial charge in [-0.2, -0.15) is 0 Å². The summed E-state index contributed by atoms with van der Waals surface area (Å²) in [5.41, 5.74) is 2.64. The van der Waals surface area contributed by atoms with Gasteiger partial charge in [0.05, 0.1) is 0 Å². The van der Waals surface area contributed by atoms with Crippen LogP contribution in [0.2, 0.25) is 0 Å². The predicted molar refractivity (Wildman–Crippen MR) is 65.6 cm³/mol. The summed E-state index contributed by atoms with van der Waals surface area (Å²) in [6.45, 7) is 4.59. The number of hydrogen-bond acceptors (Lipinski definition) is 1. The third kappa shape index (κ3) is 3.12. The van der Waals surface area contributed by atoms with E-state index in [1.54, 1.807) is 0 Å². The van der Waals surface area contributed by atoms with Crippen LogP contribution in [0.1, 0.15) is 30.4 Å². The van der Waals surface area contributed by atoms with Crippen LogP contribution in [-0.2, 0) is 0 Å². The zero-order valence-corrected chi connectivity index (χ0v) is 9.45. The summed E-state index contributed by atoms with van der Waals surface area (Å²) in [6.07, 6.45) is 8.55. The third-order valence-electron chi connectivity index (χ3n) is 2.91. The minimum Gasteiger partial charge on any atom is -0.377 e. The molecule has 0 amide bonds. The molecule has 2 rings (SSSR count). The van der Waals surface area contributed by atoms with Crippen LogP contribution in [0.25, 0.3) is 6.08 Å². The summed E-state index contributed by atoms with van der Waals surface area (Å²) in [7, 11) is 0. The Hall–Kier alpha value is -1.24. The largest absolute Gasteiger partial charge is 0.377 e. The van der Waals surface area contributed by atoms with E-state index < -0.39 is 0 Å². The average molecular weight is 201 g/mol. The first-order valence-corrected chi connectivity index (χ1v) is 5.83. The van der Waals surface area contributed by atoms with Gasteiger partial charge in [-0.05, 0) is 44.0 Å². The number of piperidine rings is 1. The Labute approximate surface area is 92.4 Å². The van der Waals surface area contributed by atoms with Gasteiger partial charge in [0.2, 0.25) is 0 Å². The summed E-state index contributed by atoms with van der Waals surface area (Å²) in [4.78, 5) is 2.42. The third-order valence-corrected chi connectivity index (χ3v) is 2.91. The Morgan fingerprint density at radius 2 is 1.93 bits per heavy atom. The van der Waals surface area contributed by atoms with Crippen LogP contribution in [0.5, 0.6) is 0 Å². The Morgan fingerprint density at radius 1 is 1.13 bits per heavy atom. The molecule has 0 atom stereocenters. The lowest BCUT2D eigenvalue weighted by molar-refractivity contribution is 0.311. The van der Waals surface area contributed by atoms with Crippen LogP contribution in [0.3, 0.4) is 0 Å². The molecule has 0 spiro atoms. The fourth-order valence-electron chi connectivity index (χ4n) is 2.03. The van der Waals surface area contributed by atoms with Crippen molar-refractivity contribution in [2.24, 2.45) is 0 Å². The second kappa shape index (κ2) is 5.01. The molecule has 0 radical (unpaired) electrons. The molecule has 80 valence electrons. The molecule has 1 saturated heterocycles. The van der Waals surface area contributed by atoms with Crippen molar-refractivity contribution >= 4 is 6.08 Å². The zero-order valence-electron chi connectivity index (χ0n) is 9.45. The summed E-state index contributed by atoms with van der Waals surface area (Å²) >= 11 is 0. The molecule has 0 bridgehead atoms. The highest BCUT2D eigenvalue weighted by atomic mass is 15.1. The SMILES string of the molecule is Cc1cccc(/C=C/N2CCCCC2)c1. The van der Waals surface area contributed by atoms with Gasteiger partial charge in [0.15, 0.2) is 0 Å². The number of hydrogen-bond donors (Lipinski definition) is 0. The molecule has 1 fully saturated rings. The van der Waals surface area contributed by atoms with Crippen molar-refractivity contribution in [2.45, 2.75) is 26.2 Å². The quantitative estimate of drug-likeness (QED) is 0.708. The maximum absolute atomic E-state index is 2.42. The molecule has 1 aromatic carbocycles. The number of benzene rings is 1. The number of rotatable bonds is 2. The second-order valence-corrected chi connectivity index (χ2v) is 4.33. The van der Waals surface area contributed by atoms with Crippen LogP contribution in [0, 0.1) is 6.92 Å². The van der Waals surface area contributed by atoms with Gasteiger partial charge < -0.3 is 4.90 Å². The highest BCUT2D eigenvalue weighted by Crippen LogP contribution is 2.11. The van der Waals surface area contributed by atoms with Gasteiger partial charge in [-0.15, -0.1) is 0 Å². The molecule has 0 unspecified atom stereocenters. The van der Waals surface area contributed by atoms with E-state index in [0.717, 1.165) is 0 Å². The van der Waals surface area contributed by atoms with Gasteiger partial charge in [0.1, 0.15) is 0 Å². The Balaban J connectivity index is 1.97. The van der Waals surface area contributed by atoms with E-state index in [0.29, 0.717) is 0 Å². The first kappa shape index (κ1) is 10.3. The number of aryl methyl sites for hydroxylation is 1. The molecule has 1 aliphatic heterocycles. The molecule has 1 heterocycles. The lowest BCUT2D eigenvalue weighted by atomic mass is 10.1. The lowest BCUT2D eigenvalue weighted by Gasteiger charge is -2.24. The highest BCUT2D eigenvalue weighted by molar-refractivity contribution is 5.49. The van der Waals surface area contributed by atoms with Gasteiger partial charge in [0, 0.05) is 13.1 Å². The molecular weight excluding hydrogens is 182 g/mol. The van der Waals surface area contributed by atoms with Gasteiger partial charge in [-0.25, -0.2) is 0 Å². The standard InChI is InChI=1S/C14H19N/c1-13-6-5-7-14(12-13)8-11-15-9-3-2-4-10-15/h5-8,11-12H,2-4,9-10H2,1H3/b11-8+. The Kier molecular flexibility index (Phi) is 3.44. The van der Waals surface area contributed by atoms with E-state index >= 15 is 0 Å². The van der Waals surface area contributed by atoms with Gasteiger partial charge >= 0.3 is 0 Å². The van der Waals surface area contributed by atoms with Crippen molar-refractivity contribution in [3.05, 3.63) is 41.6 Å². The monoisotopic (exact) mass is 201 g/mol. The van der Waals surface area contributed by atoms with E-state index in [4.69, 9.17) is 0 Å². The van der Waals surface area contributed by atoms with Crippen molar-refractivity contribution in [1.29, 1.82) is 0 Å². The molecule has 1 heteroatoms. The first-order valence-electron chi connectivity index (χ1n) is 5.83. The number of nitrogens with zero attached hydrogens (tertiary/aromatic N) is 1. The van der Waals surface area contributed by atoms with E-state index in [1.165, 1.54) is 43.5 Å². The van der Waals surface area contributed by atoms with E-state index in [-0.39, 0.29) is 0 Å². The molecule has 1 nitrogen and oxygen atoms in total. The van der Waals surface area contributed by atoms with Crippen molar-refractivity contribution in [1.82, 2.24) is 4.90 Å². The highest BCUT2D eigenvalue weighted by Gasteiger charge is 2.04. The molecule has 0 saturated carbocycles. The normalized spacial score (nSPS) is 17.3. The van der Waals surface area contributed by atoms with E-state index in [2.05, 4.69) is 48.4 Å². The maximum atomic E-state index is 2.42. The minimum absolute atomic E-state index is 1.22. The lowest BCUT2D eigenvalue weighted by Crippen LogP contribution is -2.23. The molecular formula is C14H19N. The molecule has 1 aromatic rings. The minimum atomic E-state index is 1.22. The van der Waals surface area contributed by atoms with Crippen LogP contribution >= 0.6 is 0 Å². The van der Waals surface area contributed by atoms with Gasteiger partial charge in [-0.1, -0.05) is 29.8 Å². The Bertz CT molecular complexity index is 335.